The lowest BCUT2D eigenvalue weighted by Crippen LogP contribution is -2.51. The topological polar surface area (TPSA) is 126 Å². The van der Waals surface area contributed by atoms with Gasteiger partial charge in [-0.1, -0.05) is 18.5 Å². The van der Waals surface area contributed by atoms with Gasteiger partial charge in [-0.25, -0.2) is 0 Å². The van der Waals surface area contributed by atoms with Crippen molar-refractivity contribution in [2.45, 2.75) is 57.5 Å². The molecule has 1 N–H and O–H groups in total. The lowest BCUT2D eigenvalue weighted by atomic mass is 9.75. The Morgan fingerprint density at radius 2 is 2.00 bits per heavy atom. The van der Waals surface area contributed by atoms with Gasteiger partial charge in [0.2, 0.25) is 17.3 Å². The highest BCUT2D eigenvalue weighted by molar-refractivity contribution is 6.37. The molecular weight excluding hydrogens is 506 g/mol. The Bertz CT molecular complexity index is 1160. The number of amides is 1. The number of allylic oxidation sites excluding steroid dienone is 1. The van der Waals surface area contributed by atoms with E-state index < -0.39 is 41.4 Å². The minimum absolute atomic E-state index is 0.00841. The molecule has 0 aromatic heterocycles. The molecule has 2 aliphatic heterocycles. The number of hydrogen-bond donors (Lipinski definition) is 1. The predicted octanol–water partition coefficient (Wildman–Crippen LogP) is 3.03. The summed E-state index contributed by atoms with van der Waals surface area (Å²) in [6, 6.07) is 1.35. The van der Waals surface area contributed by atoms with E-state index >= 15 is 0 Å². The van der Waals surface area contributed by atoms with E-state index in [-0.39, 0.29) is 52.2 Å². The Morgan fingerprint density at radius 1 is 1.24 bits per heavy atom. The van der Waals surface area contributed by atoms with E-state index in [4.69, 9.17) is 35.3 Å². The summed E-state index contributed by atoms with van der Waals surface area (Å²) in [5, 5.41) is 2.46. The molecule has 1 aliphatic carbocycles. The van der Waals surface area contributed by atoms with E-state index in [1.807, 2.05) is 0 Å². The van der Waals surface area contributed by atoms with Crippen LogP contribution >= 0.6 is 11.6 Å². The first-order valence-corrected chi connectivity index (χ1v) is 12.5. The van der Waals surface area contributed by atoms with Gasteiger partial charge in [0.25, 0.3) is 0 Å². The summed E-state index contributed by atoms with van der Waals surface area (Å²) in [5.74, 6) is -2.12. The van der Waals surface area contributed by atoms with Gasteiger partial charge in [-0.3, -0.25) is 19.2 Å². The molecule has 1 aromatic rings. The molecule has 1 fully saturated rings. The molecule has 10 nitrogen and oxygen atoms in total. The molecule has 1 amide bonds. The van der Waals surface area contributed by atoms with E-state index in [1.165, 1.54) is 26.4 Å². The van der Waals surface area contributed by atoms with Crippen LogP contribution < -0.4 is 14.8 Å². The molecule has 0 radical (unpaired) electrons. The molecular formula is C26H30ClNO9. The third-order valence-corrected chi connectivity index (χ3v) is 7.27. The van der Waals surface area contributed by atoms with Crippen LogP contribution in [0.2, 0.25) is 5.02 Å². The smallest absolute Gasteiger partial charge is 0.249 e. The maximum absolute atomic E-state index is 13.7. The normalized spacial score (nSPS) is 25.7. The summed E-state index contributed by atoms with van der Waals surface area (Å²) in [4.78, 5) is 51.4. The van der Waals surface area contributed by atoms with Gasteiger partial charge in [-0.05, 0) is 32.3 Å². The molecule has 37 heavy (non-hydrogen) atoms. The van der Waals surface area contributed by atoms with Crippen molar-refractivity contribution < 1.29 is 42.9 Å². The van der Waals surface area contributed by atoms with Crippen molar-refractivity contribution >= 4 is 34.9 Å². The number of nitrogens with one attached hydrogen (secondary N) is 1. The summed E-state index contributed by atoms with van der Waals surface area (Å²) >= 11 is 6.58. The molecule has 2 heterocycles. The van der Waals surface area contributed by atoms with E-state index in [2.05, 4.69) is 5.32 Å². The lowest BCUT2D eigenvalue weighted by molar-refractivity contribution is -0.189. The number of fused-ring (bicyclic) bond motifs is 1. The van der Waals surface area contributed by atoms with Crippen molar-refractivity contribution in [1.29, 1.82) is 0 Å². The summed E-state index contributed by atoms with van der Waals surface area (Å²) in [5.41, 5.74) is -1.54. The summed E-state index contributed by atoms with van der Waals surface area (Å²) < 4.78 is 28.1. The van der Waals surface area contributed by atoms with E-state index in [9.17, 15) is 19.2 Å². The van der Waals surface area contributed by atoms with Gasteiger partial charge < -0.3 is 29.0 Å². The van der Waals surface area contributed by atoms with Crippen LogP contribution in [0.25, 0.3) is 0 Å². The number of Topliss-reactive ketones (excluding diaryl/α,β-unsaturated/α-hetero) is 2. The summed E-state index contributed by atoms with van der Waals surface area (Å²) in [6.45, 7) is 3.50. The zero-order valence-electron chi connectivity index (χ0n) is 21.2. The number of carbonyl (C=O) groups excluding carboxylic acids is 4. The second kappa shape index (κ2) is 10.8. The Morgan fingerprint density at radius 3 is 2.65 bits per heavy atom. The summed E-state index contributed by atoms with van der Waals surface area (Å²) in [6.07, 6.45) is 2.65. The number of ether oxygens (including phenoxy) is 5. The van der Waals surface area contributed by atoms with Crippen LogP contribution in [0.5, 0.6) is 11.5 Å². The minimum atomic E-state index is -1.61. The maximum Gasteiger partial charge on any atom is 0.249 e. The van der Waals surface area contributed by atoms with E-state index in [1.54, 1.807) is 13.8 Å². The molecule has 1 saturated heterocycles. The van der Waals surface area contributed by atoms with Crippen molar-refractivity contribution in [1.82, 2.24) is 5.32 Å². The van der Waals surface area contributed by atoms with Crippen LogP contribution in [0.15, 0.2) is 17.9 Å². The fourth-order valence-corrected chi connectivity index (χ4v) is 5.18. The average molecular weight is 536 g/mol. The van der Waals surface area contributed by atoms with Crippen LogP contribution in [-0.4, -0.2) is 68.6 Å². The minimum Gasteiger partial charge on any atom is -0.496 e. The Hall–Kier alpha value is -2.95. The van der Waals surface area contributed by atoms with Gasteiger partial charge >= 0.3 is 0 Å². The first-order chi connectivity index (χ1) is 17.6. The first kappa shape index (κ1) is 27.1. The number of halogens is 1. The number of benzene rings is 1. The van der Waals surface area contributed by atoms with Gasteiger partial charge in [0.05, 0.1) is 25.8 Å². The van der Waals surface area contributed by atoms with Crippen molar-refractivity contribution in [3.63, 3.8) is 0 Å². The van der Waals surface area contributed by atoms with Crippen molar-refractivity contribution in [2.24, 2.45) is 5.92 Å². The molecule has 200 valence electrons. The molecule has 1 spiro atoms. The monoisotopic (exact) mass is 535 g/mol. The highest BCUT2D eigenvalue weighted by Crippen LogP contribution is 2.53. The van der Waals surface area contributed by atoms with Gasteiger partial charge in [0, 0.05) is 30.6 Å². The zero-order valence-corrected chi connectivity index (χ0v) is 21.9. The highest BCUT2D eigenvalue weighted by atomic mass is 35.5. The Labute approximate surface area is 219 Å². The molecule has 3 aliphatic rings. The number of methoxy groups -OCH3 is 2. The van der Waals surface area contributed by atoms with Crippen molar-refractivity contribution in [2.75, 3.05) is 27.4 Å². The predicted molar refractivity (Wildman–Crippen MR) is 131 cm³/mol. The van der Waals surface area contributed by atoms with E-state index in [0.717, 1.165) is 12.8 Å². The van der Waals surface area contributed by atoms with Gasteiger partial charge in [0.1, 0.15) is 17.4 Å². The number of hydrogen-bond acceptors (Lipinski definition) is 9. The van der Waals surface area contributed by atoms with Crippen molar-refractivity contribution in [3.05, 3.63) is 34.1 Å². The molecule has 11 heteroatoms. The van der Waals surface area contributed by atoms with Crippen LogP contribution in [0, 0.1) is 5.92 Å². The Balaban J connectivity index is 1.55. The standard InChI is InChI=1S/C26H30ClNO9/c1-13-9-15(29)10-19(34-4)26(13)24(31)21-18(33-3)11-16(22(27)23(21)37-26)17(30)12-28-25(32)14(2)36-20-7-5-6-8-35-20/h10-11,13-14,20H,5-9,12H2,1-4H3,(H,28,32)/t13-,14-,20?,26+/m1/s1. The molecule has 0 saturated carbocycles. The SMILES string of the molecule is COC1=CC(=O)C[C@@H](C)[C@]12Oc1c(Cl)c(C(=O)CNC(=O)[C@@H](C)OC3CCCCO3)cc(OC)c1C2=O. The van der Waals surface area contributed by atoms with Gasteiger partial charge in [-0.15, -0.1) is 0 Å². The Kier molecular flexibility index (Phi) is 7.91. The highest BCUT2D eigenvalue weighted by Gasteiger charge is 2.59. The average Bonchev–Trinajstić information content (AvgIpc) is 3.20. The lowest BCUT2D eigenvalue weighted by Gasteiger charge is -2.36. The third-order valence-electron chi connectivity index (χ3n) is 6.90. The molecule has 4 atom stereocenters. The molecule has 4 rings (SSSR count). The number of ketones is 3. The maximum atomic E-state index is 13.7. The second-order valence-electron chi connectivity index (χ2n) is 9.31. The molecule has 1 aromatic carbocycles. The summed E-state index contributed by atoms with van der Waals surface area (Å²) in [7, 11) is 2.70. The van der Waals surface area contributed by atoms with Crippen LogP contribution in [0.4, 0.5) is 0 Å². The number of rotatable bonds is 8. The van der Waals surface area contributed by atoms with Crippen LogP contribution in [0.3, 0.4) is 0 Å². The fraction of sp³-hybridized carbons (Fsp3) is 0.538. The van der Waals surface area contributed by atoms with Gasteiger partial charge in [-0.2, -0.15) is 0 Å². The molecule has 0 bridgehead atoms. The zero-order chi connectivity index (χ0) is 26.9. The van der Waals surface area contributed by atoms with Gasteiger partial charge in [0.15, 0.2) is 29.4 Å². The number of carbonyl (C=O) groups is 4. The van der Waals surface area contributed by atoms with Crippen LogP contribution in [0.1, 0.15) is 60.2 Å². The first-order valence-electron chi connectivity index (χ1n) is 12.1. The quantitative estimate of drug-likeness (QED) is 0.500. The fourth-order valence-electron chi connectivity index (χ4n) is 4.89. The second-order valence-corrected chi connectivity index (χ2v) is 9.69. The third kappa shape index (κ3) is 4.85. The van der Waals surface area contributed by atoms with Crippen LogP contribution in [-0.2, 0) is 23.8 Å². The van der Waals surface area contributed by atoms with Crippen molar-refractivity contribution in [3.8, 4) is 11.5 Å². The molecule has 1 unspecified atom stereocenters. The van der Waals surface area contributed by atoms with E-state index in [0.29, 0.717) is 13.0 Å². The largest absolute Gasteiger partial charge is 0.496 e.